The van der Waals surface area contributed by atoms with Crippen LogP contribution in [0.1, 0.15) is 139 Å². The van der Waals surface area contributed by atoms with Gasteiger partial charge in [-0.05, 0) is 123 Å². The predicted molar refractivity (Wildman–Crippen MR) is 212 cm³/mol. The molecule has 0 spiro atoms. The third-order valence-corrected chi connectivity index (χ3v) is 15.6. The Morgan fingerprint density at radius 3 is 2.38 bits per heavy atom. The molecule has 0 aromatic carbocycles. The molecule has 0 saturated heterocycles. The Morgan fingerprint density at radius 1 is 1.07 bits per heavy atom. The second kappa shape index (κ2) is 15.0. The van der Waals surface area contributed by atoms with Gasteiger partial charge < -0.3 is 20.1 Å². The van der Waals surface area contributed by atoms with Crippen LogP contribution in [-0.2, 0) is 31.1 Å². The minimum atomic E-state index is -1.17. The summed E-state index contributed by atoms with van der Waals surface area (Å²) in [7, 11) is 0. The zero-order valence-electron chi connectivity index (χ0n) is 34.5. The second-order valence-electron chi connectivity index (χ2n) is 19.1. The summed E-state index contributed by atoms with van der Waals surface area (Å²) in [6, 6.07) is 0. The summed E-state index contributed by atoms with van der Waals surface area (Å²) in [6.45, 7) is 20.3. The van der Waals surface area contributed by atoms with Crippen molar-refractivity contribution in [2.75, 3.05) is 6.54 Å². The van der Waals surface area contributed by atoms with Crippen LogP contribution >= 0.6 is 11.6 Å². The van der Waals surface area contributed by atoms with Crippen LogP contribution in [0.2, 0.25) is 5.02 Å². The van der Waals surface area contributed by atoms with Gasteiger partial charge in [-0.25, -0.2) is 9.97 Å². The Hall–Kier alpha value is -3.18. The molecule has 0 amide bonds. The van der Waals surface area contributed by atoms with E-state index in [1.807, 2.05) is 6.92 Å². The fourth-order valence-electron chi connectivity index (χ4n) is 11.9. The number of aliphatic carboxylic acids is 1. The molecule has 0 radical (unpaired) electrons. The molecule has 3 N–H and O–H groups in total. The number of rotatable bonds is 13. The summed E-state index contributed by atoms with van der Waals surface area (Å²) in [6.07, 6.45) is 11.5. The SMILES string of the molecule is CC[C@H](CC[C@@]1(C)[C@H](C)CC[C@]2(C)[C@@H]1CC[C@@H]1C3=C(C(C)C)C(=O)C[C@]3(c3nnc(-c4ncc(Cl)cn4)n3CCN)CC[C@]12C)OC(=O)CC(C)(C)C(=O)O. The Bertz CT molecular complexity index is 1840. The van der Waals surface area contributed by atoms with Crippen LogP contribution in [-0.4, -0.2) is 60.2 Å². The lowest BCUT2D eigenvalue weighted by Gasteiger charge is -2.69. The number of hydrogen-bond acceptors (Lipinski definition) is 9. The van der Waals surface area contributed by atoms with Gasteiger partial charge in [0, 0.05) is 31.9 Å². The molecule has 8 atom stereocenters. The van der Waals surface area contributed by atoms with E-state index in [4.69, 9.17) is 27.2 Å². The number of nitrogens with two attached hydrogens (primary N) is 1. The van der Waals surface area contributed by atoms with Crippen molar-refractivity contribution in [1.29, 1.82) is 0 Å². The first-order valence-electron chi connectivity index (χ1n) is 20.6. The summed E-state index contributed by atoms with van der Waals surface area (Å²) >= 11 is 6.14. The van der Waals surface area contributed by atoms with Gasteiger partial charge in [0.15, 0.2) is 11.6 Å². The normalized spacial score (nSPS) is 32.6. The van der Waals surface area contributed by atoms with Crippen molar-refractivity contribution in [1.82, 2.24) is 24.7 Å². The molecule has 0 aliphatic heterocycles. The molecular weight excluding hydrogens is 716 g/mol. The van der Waals surface area contributed by atoms with E-state index in [9.17, 15) is 19.5 Å². The number of ketones is 1. The highest BCUT2D eigenvalue weighted by molar-refractivity contribution is 6.30. The van der Waals surface area contributed by atoms with Crippen LogP contribution in [0.5, 0.6) is 0 Å². The molecule has 55 heavy (non-hydrogen) atoms. The molecule has 12 heteroatoms. The number of ether oxygens (including phenoxy) is 1. The van der Waals surface area contributed by atoms with Gasteiger partial charge in [-0.15, -0.1) is 10.2 Å². The van der Waals surface area contributed by atoms with Gasteiger partial charge in [-0.3, -0.25) is 14.4 Å². The van der Waals surface area contributed by atoms with E-state index in [1.165, 1.54) is 5.57 Å². The number of allylic oxidation sites excluding steroid dienone is 2. The standard InChI is InChI=1S/C43H63ClN6O5/c1-10-28(55-32(52)22-39(5,6)38(53)54)14-15-40(7)26(4)13-16-42(9)31(40)12-11-29-34-33(25(2)3)30(51)21-43(34,18-17-41(29,42)8)37-49-48-36(50(37)20-19-45)35-46-23-27(44)24-47-35/h23-26,28-29,31H,10-22,45H2,1-9H3,(H,53,54)/t26-,28-,29-,31-,40+,41-,42-,43-/m1/s1. The van der Waals surface area contributed by atoms with Crippen molar-refractivity contribution in [3.63, 3.8) is 0 Å². The summed E-state index contributed by atoms with van der Waals surface area (Å²) in [5, 5.41) is 19.6. The summed E-state index contributed by atoms with van der Waals surface area (Å²) in [5.41, 5.74) is 6.73. The van der Waals surface area contributed by atoms with Crippen LogP contribution in [0.25, 0.3) is 11.6 Å². The van der Waals surface area contributed by atoms with Crippen LogP contribution in [0, 0.1) is 45.3 Å². The average Bonchev–Trinajstić information content (AvgIpc) is 3.68. The predicted octanol–water partition coefficient (Wildman–Crippen LogP) is 8.38. The highest BCUT2D eigenvalue weighted by Crippen LogP contribution is 2.74. The topological polar surface area (TPSA) is 163 Å². The summed E-state index contributed by atoms with van der Waals surface area (Å²) in [5.74, 6) is 1.78. The van der Waals surface area contributed by atoms with Gasteiger partial charge in [0.05, 0.1) is 22.3 Å². The van der Waals surface area contributed by atoms with E-state index < -0.39 is 22.8 Å². The first kappa shape index (κ1) is 41.5. The lowest BCUT2D eigenvalue weighted by Crippen LogP contribution is -2.62. The van der Waals surface area contributed by atoms with Gasteiger partial charge in [-0.1, -0.05) is 60.1 Å². The number of Topliss-reactive ketones (excluding diaryl/α,β-unsaturated/α-hetero) is 1. The summed E-state index contributed by atoms with van der Waals surface area (Å²) in [4.78, 5) is 47.9. The van der Waals surface area contributed by atoms with E-state index in [0.29, 0.717) is 54.4 Å². The van der Waals surface area contributed by atoms with Crippen molar-refractivity contribution in [2.45, 2.75) is 151 Å². The Kier molecular flexibility index (Phi) is 11.3. The minimum absolute atomic E-state index is 0.0151. The zero-order chi connectivity index (χ0) is 40.3. The fraction of sp³-hybridized carbons (Fsp3) is 0.744. The van der Waals surface area contributed by atoms with Crippen LogP contribution in [0.4, 0.5) is 0 Å². The maximum atomic E-state index is 14.4. The van der Waals surface area contributed by atoms with Gasteiger partial charge in [-0.2, -0.15) is 0 Å². The molecule has 3 saturated carbocycles. The Balaban J connectivity index is 1.35. The third kappa shape index (κ3) is 6.76. The van der Waals surface area contributed by atoms with E-state index in [1.54, 1.807) is 26.2 Å². The lowest BCUT2D eigenvalue weighted by atomic mass is 9.35. The van der Waals surface area contributed by atoms with Crippen molar-refractivity contribution in [3.05, 3.63) is 34.4 Å². The maximum Gasteiger partial charge on any atom is 0.309 e. The molecule has 2 aromatic heterocycles. The molecule has 0 bridgehead atoms. The first-order valence-corrected chi connectivity index (χ1v) is 21.0. The van der Waals surface area contributed by atoms with E-state index in [2.05, 4.69) is 61.2 Å². The molecule has 302 valence electrons. The second-order valence-corrected chi connectivity index (χ2v) is 19.5. The molecule has 11 nitrogen and oxygen atoms in total. The van der Waals surface area contributed by atoms with Crippen LogP contribution in [0.3, 0.4) is 0 Å². The minimum Gasteiger partial charge on any atom is -0.481 e. The molecular formula is C43H63ClN6O5. The molecule has 0 unspecified atom stereocenters. The average molecular weight is 779 g/mol. The quantitative estimate of drug-likeness (QED) is 0.189. The van der Waals surface area contributed by atoms with Crippen LogP contribution < -0.4 is 5.73 Å². The maximum absolute atomic E-state index is 14.4. The van der Waals surface area contributed by atoms with Gasteiger partial charge in [0.25, 0.3) is 0 Å². The Labute approximate surface area is 332 Å². The molecule has 4 aliphatic carbocycles. The number of aromatic nitrogens is 5. The van der Waals surface area contributed by atoms with E-state index >= 15 is 0 Å². The molecule has 4 aliphatic rings. The monoisotopic (exact) mass is 778 g/mol. The number of halogens is 1. The Morgan fingerprint density at radius 2 is 1.76 bits per heavy atom. The van der Waals surface area contributed by atoms with E-state index in [-0.39, 0.29) is 46.4 Å². The van der Waals surface area contributed by atoms with Gasteiger partial charge in [0.2, 0.25) is 5.82 Å². The van der Waals surface area contributed by atoms with Crippen molar-refractivity contribution in [2.24, 2.45) is 51.1 Å². The smallest absolute Gasteiger partial charge is 0.309 e. The highest BCUT2D eigenvalue weighted by Gasteiger charge is 2.68. The highest BCUT2D eigenvalue weighted by atomic mass is 35.5. The van der Waals surface area contributed by atoms with Crippen molar-refractivity contribution >= 4 is 29.3 Å². The molecule has 3 fully saturated rings. The first-order chi connectivity index (χ1) is 25.8. The molecule has 2 aromatic rings. The van der Waals surface area contributed by atoms with Crippen LogP contribution in [0.15, 0.2) is 23.5 Å². The number of hydrogen-bond donors (Lipinski definition) is 2. The van der Waals surface area contributed by atoms with Gasteiger partial charge >= 0.3 is 11.9 Å². The van der Waals surface area contributed by atoms with E-state index in [0.717, 1.165) is 62.8 Å². The fourth-order valence-corrected chi connectivity index (χ4v) is 12.0. The molecule has 2 heterocycles. The lowest BCUT2D eigenvalue weighted by molar-refractivity contribution is -0.184. The number of nitrogens with zero attached hydrogens (tertiary/aromatic N) is 5. The number of carboxylic acid groups (broad SMARTS) is 1. The zero-order valence-corrected chi connectivity index (χ0v) is 35.3. The number of esters is 1. The number of carbonyl (C=O) groups is 3. The largest absolute Gasteiger partial charge is 0.481 e. The summed E-state index contributed by atoms with van der Waals surface area (Å²) < 4.78 is 8.02. The molecule has 6 rings (SSSR count). The number of carbonyl (C=O) groups excluding carboxylic acids is 2. The van der Waals surface area contributed by atoms with Crippen molar-refractivity contribution in [3.8, 4) is 11.6 Å². The number of fused-ring (bicyclic) bond motifs is 5. The van der Waals surface area contributed by atoms with Gasteiger partial charge in [0.1, 0.15) is 11.9 Å². The van der Waals surface area contributed by atoms with Crippen molar-refractivity contribution < 1.29 is 24.2 Å². The number of carboxylic acids is 1. The third-order valence-electron chi connectivity index (χ3n) is 15.4.